The van der Waals surface area contributed by atoms with Crippen molar-refractivity contribution in [2.45, 2.75) is 32.2 Å². The number of urea groups is 1. The summed E-state index contributed by atoms with van der Waals surface area (Å²) in [6, 6.07) is 12.7. The number of rotatable bonds is 6. The predicted molar refractivity (Wildman–Crippen MR) is 103 cm³/mol. The van der Waals surface area contributed by atoms with E-state index in [1.54, 1.807) is 43.3 Å². The zero-order valence-corrected chi connectivity index (χ0v) is 15.8. The summed E-state index contributed by atoms with van der Waals surface area (Å²) in [4.78, 5) is 38.9. The Labute approximate surface area is 162 Å². The van der Waals surface area contributed by atoms with E-state index in [1.165, 1.54) is 6.07 Å². The Morgan fingerprint density at radius 1 is 1.18 bits per heavy atom. The van der Waals surface area contributed by atoms with Gasteiger partial charge in [0.15, 0.2) is 0 Å². The summed E-state index contributed by atoms with van der Waals surface area (Å²) in [5.41, 5.74) is 0.227. The van der Waals surface area contributed by atoms with E-state index >= 15 is 0 Å². The lowest BCUT2D eigenvalue weighted by Crippen LogP contribution is -2.44. The van der Waals surface area contributed by atoms with Crippen LogP contribution in [0.3, 0.4) is 0 Å². The standard InChI is InChI=1S/C21H22FN3O3/c1-3-11-21(15-7-5-4-6-8-15)19(27)25(20(28)24-21)13-18(26)23-16-10-9-14(2)17(22)12-16/h4-10,12H,3,11,13H2,1-2H3,(H,23,26)(H,24,28)/t21-/m0/s1. The molecule has 2 aromatic rings. The third-order valence-electron chi connectivity index (χ3n) is 4.82. The Hall–Kier alpha value is -3.22. The number of carbonyl (C=O) groups is 3. The largest absolute Gasteiger partial charge is 0.325 e. The van der Waals surface area contributed by atoms with Gasteiger partial charge in [0.1, 0.15) is 17.9 Å². The van der Waals surface area contributed by atoms with Crippen LogP contribution in [0.4, 0.5) is 14.9 Å². The van der Waals surface area contributed by atoms with E-state index in [9.17, 15) is 18.8 Å². The average Bonchev–Trinajstić information content (AvgIpc) is 2.91. The van der Waals surface area contributed by atoms with Gasteiger partial charge in [-0.05, 0) is 36.6 Å². The van der Waals surface area contributed by atoms with Crippen LogP contribution in [0.5, 0.6) is 0 Å². The molecular formula is C21H22FN3O3. The van der Waals surface area contributed by atoms with Gasteiger partial charge in [-0.15, -0.1) is 0 Å². The number of benzene rings is 2. The van der Waals surface area contributed by atoms with E-state index in [0.717, 1.165) is 4.90 Å². The molecule has 1 aliphatic rings. The first kappa shape index (κ1) is 19.5. The highest BCUT2D eigenvalue weighted by Crippen LogP contribution is 2.33. The van der Waals surface area contributed by atoms with Crippen molar-refractivity contribution in [3.8, 4) is 0 Å². The van der Waals surface area contributed by atoms with Gasteiger partial charge in [0.2, 0.25) is 5.91 Å². The molecule has 7 heteroatoms. The molecule has 146 valence electrons. The summed E-state index contributed by atoms with van der Waals surface area (Å²) < 4.78 is 13.7. The van der Waals surface area contributed by atoms with Gasteiger partial charge >= 0.3 is 6.03 Å². The fraction of sp³-hybridized carbons (Fsp3) is 0.286. The number of nitrogens with zero attached hydrogens (tertiary/aromatic N) is 1. The first-order valence-electron chi connectivity index (χ1n) is 9.13. The number of nitrogens with one attached hydrogen (secondary N) is 2. The highest BCUT2D eigenvalue weighted by Gasteiger charge is 2.52. The summed E-state index contributed by atoms with van der Waals surface area (Å²) in [5.74, 6) is -1.48. The van der Waals surface area contributed by atoms with Crippen LogP contribution >= 0.6 is 0 Å². The van der Waals surface area contributed by atoms with Gasteiger partial charge in [0.25, 0.3) is 5.91 Å². The summed E-state index contributed by atoms with van der Waals surface area (Å²) in [5, 5.41) is 5.29. The summed E-state index contributed by atoms with van der Waals surface area (Å²) >= 11 is 0. The maximum Gasteiger partial charge on any atom is 0.325 e. The minimum atomic E-state index is -1.18. The van der Waals surface area contributed by atoms with Gasteiger partial charge in [-0.1, -0.05) is 49.7 Å². The first-order chi connectivity index (χ1) is 13.4. The zero-order chi connectivity index (χ0) is 20.3. The Kier molecular flexibility index (Phi) is 5.44. The number of halogens is 1. The molecule has 2 aromatic carbocycles. The number of hydrogen-bond acceptors (Lipinski definition) is 3. The molecule has 0 saturated carbocycles. The maximum atomic E-state index is 13.7. The van der Waals surface area contributed by atoms with Crippen molar-refractivity contribution in [3.05, 3.63) is 65.5 Å². The van der Waals surface area contributed by atoms with Gasteiger partial charge < -0.3 is 10.6 Å². The van der Waals surface area contributed by atoms with Crippen molar-refractivity contribution in [2.24, 2.45) is 0 Å². The molecule has 1 fully saturated rings. The van der Waals surface area contributed by atoms with Crippen molar-refractivity contribution in [3.63, 3.8) is 0 Å². The van der Waals surface area contributed by atoms with Gasteiger partial charge in [-0.2, -0.15) is 0 Å². The molecule has 2 N–H and O–H groups in total. The van der Waals surface area contributed by atoms with Crippen LogP contribution in [0.2, 0.25) is 0 Å². The minimum absolute atomic E-state index is 0.267. The molecule has 28 heavy (non-hydrogen) atoms. The SMILES string of the molecule is CCC[C@@]1(c2ccccc2)NC(=O)N(CC(=O)Nc2ccc(C)c(F)c2)C1=O. The maximum absolute atomic E-state index is 13.7. The lowest BCUT2D eigenvalue weighted by atomic mass is 9.85. The van der Waals surface area contributed by atoms with E-state index in [4.69, 9.17) is 0 Å². The van der Waals surface area contributed by atoms with Crippen LogP contribution < -0.4 is 10.6 Å². The molecule has 0 aromatic heterocycles. The second-order valence-corrected chi connectivity index (χ2v) is 6.85. The molecule has 0 spiro atoms. The van der Waals surface area contributed by atoms with Crippen LogP contribution in [-0.4, -0.2) is 29.3 Å². The first-order valence-corrected chi connectivity index (χ1v) is 9.13. The Bertz CT molecular complexity index is 916. The van der Waals surface area contributed by atoms with Gasteiger partial charge in [0.05, 0.1) is 0 Å². The van der Waals surface area contributed by atoms with Crippen molar-refractivity contribution in [2.75, 3.05) is 11.9 Å². The second-order valence-electron chi connectivity index (χ2n) is 6.85. The molecule has 0 radical (unpaired) electrons. The molecule has 1 saturated heterocycles. The van der Waals surface area contributed by atoms with Crippen LogP contribution in [0.25, 0.3) is 0 Å². The molecule has 0 aliphatic carbocycles. The van der Waals surface area contributed by atoms with Crippen LogP contribution in [0.1, 0.15) is 30.9 Å². The molecule has 0 unspecified atom stereocenters. The molecular weight excluding hydrogens is 361 g/mol. The average molecular weight is 383 g/mol. The highest BCUT2D eigenvalue weighted by atomic mass is 19.1. The number of hydrogen-bond donors (Lipinski definition) is 2. The molecule has 1 atom stereocenters. The molecule has 3 rings (SSSR count). The summed E-state index contributed by atoms with van der Waals surface area (Å²) in [7, 11) is 0. The van der Waals surface area contributed by atoms with Crippen molar-refractivity contribution in [1.82, 2.24) is 10.2 Å². The quantitative estimate of drug-likeness (QED) is 0.751. The zero-order valence-electron chi connectivity index (χ0n) is 15.8. The van der Waals surface area contributed by atoms with Crippen LogP contribution in [-0.2, 0) is 15.1 Å². The van der Waals surface area contributed by atoms with Gasteiger partial charge in [-0.25, -0.2) is 9.18 Å². The number of amides is 4. The molecule has 1 aliphatic heterocycles. The van der Waals surface area contributed by atoms with E-state index < -0.39 is 35.7 Å². The fourth-order valence-electron chi connectivity index (χ4n) is 3.39. The highest BCUT2D eigenvalue weighted by molar-refractivity contribution is 6.10. The normalized spacial score (nSPS) is 18.9. The van der Waals surface area contributed by atoms with Crippen molar-refractivity contribution < 1.29 is 18.8 Å². The van der Waals surface area contributed by atoms with E-state index in [0.29, 0.717) is 24.0 Å². The van der Waals surface area contributed by atoms with Crippen molar-refractivity contribution >= 4 is 23.5 Å². The van der Waals surface area contributed by atoms with E-state index in [-0.39, 0.29) is 5.69 Å². The number of aryl methyl sites for hydroxylation is 1. The lowest BCUT2D eigenvalue weighted by molar-refractivity contribution is -0.134. The van der Waals surface area contributed by atoms with Gasteiger partial charge in [0, 0.05) is 5.69 Å². The monoisotopic (exact) mass is 383 g/mol. The molecule has 6 nitrogen and oxygen atoms in total. The molecule has 1 heterocycles. The molecule has 4 amide bonds. The topological polar surface area (TPSA) is 78.5 Å². The van der Waals surface area contributed by atoms with Gasteiger partial charge in [-0.3, -0.25) is 14.5 Å². The fourth-order valence-corrected chi connectivity index (χ4v) is 3.39. The lowest BCUT2D eigenvalue weighted by Gasteiger charge is -2.26. The minimum Gasteiger partial charge on any atom is -0.324 e. The Balaban J connectivity index is 1.79. The smallest absolute Gasteiger partial charge is 0.324 e. The summed E-state index contributed by atoms with van der Waals surface area (Å²) in [6.45, 7) is 3.09. The Morgan fingerprint density at radius 3 is 2.54 bits per heavy atom. The van der Waals surface area contributed by atoms with Crippen LogP contribution in [0.15, 0.2) is 48.5 Å². The third kappa shape index (κ3) is 3.60. The second kappa shape index (κ2) is 7.80. The molecule has 0 bridgehead atoms. The number of imide groups is 1. The van der Waals surface area contributed by atoms with Crippen molar-refractivity contribution in [1.29, 1.82) is 0 Å². The number of anilines is 1. The van der Waals surface area contributed by atoms with E-state index in [1.807, 2.05) is 13.0 Å². The summed E-state index contributed by atoms with van der Waals surface area (Å²) in [6.07, 6.45) is 1.09. The third-order valence-corrected chi connectivity index (χ3v) is 4.82. The number of carbonyl (C=O) groups excluding carboxylic acids is 3. The van der Waals surface area contributed by atoms with E-state index in [2.05, 4.69) is 10.6 Å². The Morgan fingerprint density at radius 2 is 1.89 bits per heavy atom. The predicted octanol–water partition coefficient (Wildman–Crippen LogP) is 3.32. The van der Waals surface area contributed by atoms with Crippen LogP contribution in [0, 0.1) is 12.7 Å².